The van der Waals surface area contributed by atoms with Crippen molar-refractivity contribution in [1.82, 2.24) is 14.5 Å². The van der Waals surface area contributed by atoms with Gasteiger partial charge in [-0.15, -0.1) is 0 Å². The Balaban J connectivity index is 1.57. The predicted molar refractivity (Wildman–Crippen MR) is 151 cm³/mol. The SMILES string of the molecule is CN1CCN(c2cccc3c2nc(C(=O)c2cccc4ccccc24)n3COCC[Si](C)(C)C)CC1. The fraction of sp³-hybridized carbons (Fsp3) is 0.379. The summed E-state index contributed by atoms with van der Waals surface area (Å²) in [5.74, 6) is 0.372. The quantitative estimate of drug-likeness (QED) is 0.182. The zero-order valence-corrected chi connectivity index (χ0v) is 22.8. The van der Waals surface area contributed by atoms with Crippen LogP contribution in [0.15, 0.2) is 60.7 Å². The van der Waals surface area contributed by atoms with Crippen LogP contribution in [0.2, 0.25) is 25.7 Å². The molecule has 5 rings (SSSR count). The molecule has 0 spiro atoms. The van der Waals surface area contributed by atoms with Gasteiger partial charge in [-0.1, -0.05) is 68.2 Å². The Morgan fingerprint density at radius 1 is 0.944 bits per heavy atom. The lowest BCUT2D eigenvalue weighted by Crippen LogP contribution is -2.44. The maximum Gasteiger partial charge on any atom is 0.229 e. The van der Waals surface area contributed by atoms with E-state index < -0.39 is 8.07 Å². The summed E-state index contributed by atoms with van der Waals surface area (Å²) in [6.07, 6.45) is 0. The molecule has 6 nitrogen and oxygen atoms in total. The van der Waals surface area contributed by atoms with E-state index in [-0.39, 0.29) is 5.78 Å². The number of imidazole rings is 1. The van der Waals surface area contributed by atoms with Crippen LogP contribution in [-0.2, 0) is 11.5 Å². The number of fused-ring (bicyclic) bond motifs is 2. The molecule has 0 radical (unpaired) electrons. The van der Waals surface area contributed by atoms with E-state index >= 15 is 0 Å². The molecule has 0 N–H and O–H groups in total. The van der Waals surface area contributed by atoms with Crippen molar-refractivity contribution in [2.75, 3.05) is 44.7 Å². The van der Waals surface area contributed by atoms with Gasteiger partial charge in [-0.3, -0.25) is 9.36 Å². The number of rotatable bonds is 8. The Kier molecular flexibility index (Phi) is 6.97. The number of carbonyl (C=O) groups excluding carboxylic acids is 1. The van der Waals surface area contributed by atoms with Crippen molar-refractivity contribution in [2.24, 2.45) is 0 Å². The first-order chi connectivity index (χ1) is 17.3. The van der Waals surface area contributed by atoms with Gasteiger partial charge in [0.2, 0.25) is 5.78 Å². The van der Waals surface area contributed by atoms with E-state index in [9.17, 15) is 4.79 Å². The molecule has 0 atom stereocenters. The molecule has 1 aromatic heterocycles. The van der Waals surface area contributed by atoms with Gasteiger partial charge in [0, 0.05) is 46.4 Å². The van der Waals surface area contributed by atoms with Crippen LogP contribution >= 0.6 is 0 Å². The molecule has 1 aliphatic heterocycles. The van der Waals surface area contributed by atoms with Crippen molar-refractivity contribution in [1.29, 1.82) is 0 Å². The van der Waals surface area contributed by atoms with Crippen molar-refractivity contribution in [3.8, 4) is 0 Å². The maximum atomic E-state index is 14.0. The normalized spacial score (nSPS) is 15.2. The van der Waals surface area contributed by atoms with Crippen LogP contribution in [0.4, 0.5) is 5.69 Å². The molecule has 0 saturated carbocycles. The molecule has 1 fully saturated rings. The Morgan fingerprint density at radius 3 is 2.44 bits per heavy atom. The van der Waals surface area contributed by atoms with Gasteiger partial charge >= 0.3 is 0 Å². The Morgan fingerprint density at radius 2 is 1.67 bits per heavy atom. The van der Waals surface area contributed by atoms with Crippen LogP contribution < -0.4 is 4.90 Å². The lowest BCUT2D eigenvalue weighted by Gasteiger charge is -2.34. The highest BCUT2D eigenvalue weighted by molar-refractivity contribution is 6.76. The number of aromatic nitrogens is 2. The maximum absolute atomic E-state index is 14.0. The Hall–Kier alpha value is -3.00. The minimum Gasteiger partial charge on any atom is -0.367 e. The van der Waals surface area contributed by atoms with Crippen LogP contribution in [-0.4, -0.2) is 68.1 Å². The van der Waals surface area contributed by atoms with Crippen molar-refractivity contribution in [2.45, 2.75) is 32.4 Å². The second-order valence-electron chi connectivity index (χ2n) is 11.0. The van der Waals surface area contributed by atoms with Gasteiger partial charge in [0.25, 0.3) is 0 Å². The van der Waals surface area contributed by atoms with Gasteiger partial charge in [-0.25, -0.2) is 4.98 Å². The number of anilines is 1. The fourth-order valence-electron chi connectivity index (χ4n) is 4.82. The lowest BCUT2D eigenvalue weighted by molar-refractivity contribution is 0.0835. The number of ether oxygens (including phenoxy) is 1. The van der Waals surface area contributed by atoms with E-state index in [0.717, 1.165) is 59.7 Å². The van der Waals surface area contributed by atoms with E-state index in [0.29, 0.717) is 24.7 Å². The molecule has 0 unspecified atom stereocenters. The van der Waals surface area contributed by atoms with Gasteiger partial charge in [0.1, 0.15) is 12.2 Å². The number of hydrogen-bond donors (Lipinski definition) is 0. The van der Waals surface area contributed by atoms with Gasteiger partial charge < -0.3 is 14.5 Å². The summed E-state index contributed by atoms with van der Waals surface area (Å²) < 4.78 is 8.14. The van der Waals surface area contributed by atoms with Crippen LogP contribution in [0.5, 0.6) is 0 Å². The molecule has 2 heterocycles. The highest BCUT2D eigenvalue weighted by Gasteiger charge is 2.25. The molecule has 4 aromatic rings. The molecule has 0 bridgehead atoms. The average molecular weight is 501 g/mol. The van der Waals surface area contributed by atoms with Crippen molar-refractivity contribution in [3.63, 3.8) is 0 Å². The van der Waals surface area contributed by atoms with Crippen LogP contribution in [0.25, 0.3) is 21.8 Å². The van der Waals surface area contributed by atoms with E-state index in [4.69, 9.17) is 9.72 Å². The number of para-hydroxylation sites is 1. The summed E-state index contributed by atoms with van der Waals surface area (Å²) in [5.41, 5.74) is 3.59. The Labute approximate surface area is 214 Å². The van der Waals surface area contributed by atoms with Crippen molar-refractivity contribution < 1.29 is 9.53 Å². The van der Waals surface area contributed by atoms with E-state index in [2.05, 4.69) is 54.7 Å². The predicted octanol–water partition coefficient (Wildman–Crippen LogP) is 5.48. The standard InChI is InChI=1S/C29H36N4O2Si/c1-31-15-17-32(18-16-31)25-13-8-14-26-27(25)30-29(33(26)21-35-19-20-36(2,3)4)28(34)24-12-7-10-22-9-5-6-11-23(22)24/h5-14H,15-21H2,1-4H3. The third-order valence-electron chi connectivity index (χ3n) is 7.06. The summed E-state index contributed by atoms with van der Waals surface area (Å²) >= 11 is 0. The molecule has 0 amide bonds. The van der Waals surface area contributed by atoms with Crippen LogP contribution in [0.3, 0.4) is 0 Å². The number of hydrogen-bond acceptors (Lipinski definition) is 5. The second kappa shape index (κ2) is 10.2. The minimum atomic E-state index is -1.22. The van der Waals surface area contributed by atoms with Crippen LogP contribution in [0, 0.1) is 0 Å². The highest BCUT2D eigenvalue weighted by Crippen LogP contribution is 2.30. The lowest BCUT2D eigenvalue weighted by atomic mass is 10.0. The van der Waals surface area contributed by atoms with Gasteiger partial charge in [-0.2, -0.15) is 0 Å². The molecular weight excluding hydrogens is 464 g/mol. The minimum absolute atomic E-state index is 0.0684. The first-order valence-corrected chi connectivity index (χ1v) is 16.6. The second-order valence-corrected chi connectivity index (χ2v) is 16.6. The number of nitrogens with zero attached hydrogens (tertiary/aromatic N) is 4. The van der Waals surface area contributed by atoms with Crippen molar-refractivity contribution >= 4 is 41.4 Å². The molecule has 1 aliphatic rings. The summed E-state index contributed by atoms with van der Waals surface area (Å²) in [4.78, 5) is 23.8. The summed E-state index contributed by atoms with van der Waals surface area (Å²) in [6, 6.07) is 21.3. The average Bonchev–Trinajstić information content (AvgIpc) is 3.24. The molecule has 3 aromatic carbocycles. The van der Waals surface area contributed by atoms with E-state index in [1.807, 2.05) is 47.0 Å². The number of likely N-dealkylation sites (N-methyl/N-ethyl adjacent to an activating group) is 1. The zero-order chi connectivity index (χ0) is 25.3. The van der Waals surface area contributed by atoms with Gasteiger partial charge in [0.15, 0.2) is 5.82 Å². The largest absolute Gasteiger partial charge is 0.367 e. The first kappa shape index (κ1) is 24.7. The number of piperazine rings is 1. The summed E-state index contributed by atoms with van der Waals surface area (Å²) in [5, 5.41) is 2.00. The highest BCUT2D eigenvalue weighted by atomic mass is 28.3. The monoisotopic (exact) mass is 500 g/mol. The first-order valence-electron chi connectivity index (χ1n) is 12.8. The topological polar surface area (TPSA) is 50.6 Å². The molecular formula is C29H36N4O2Si. The van der Waals surface area contributed by atoms with E-state index in [1.165, 1.54) is 0 Å². The zero-order valence-electron chi connectivity index (χ0n) is 21.8. The number of benzene rings is 3. The van der Waals surface area contributed by atoms with E-state index in [1.54, 1.807) is 0 Å². The van der Waals surface area contributed by atoms with Crippen molar-refractivity contribution in [3.05, 3.63) is 72.1 Å². The number of ketones is 1. The molecule has 1 saturated heterocycles. The smallest absolute Gasteiger partial charge is 0.229 e. The molecule has 36 heavy (non-hydrogen) atoms. The Bertz CT molecular complexity index is 1380. The molecule has 7 heteroatoms. The summed E-state index contributed by atoms with van der Waals surface area (Å²) in [7, 11) is 0.942. The third-order valence-corrected chi connectivity index (χ3v) is 8.76. The van der Waals surface area contributed by atoms with Crippen LogP contribution in [0.1, 0.15) is 16.2 Å². The molecule has 188 valence electrons. The van der Waals surface area contributed by atoms with Gasteiger partial charge in [0.05, 0.1) is 11.2 Å². The third kappa shape index (κ3) is 5.09. The van der Waals surface area contributed by atoms with Gasteiger partial charge in [-0.05, 0) is 36.0 Å². The summed E-state index contributed by atoms with van der Waals surface area (Å²) in [6.45, 7) is 12.0. The molecule has 0 aliphatic carbocycles. The fourth-order valence-corrected chi connectivity index (χ4v) is 5.57. The number of carbonyl (C=O) groups is 1.